The Hall–Kier alpha value is -3.34. The number of hydrogen-bond donors (Lipinski definition) is 0. The van der Waals surface area contributed by atoms with Gasteiger partial charge in [-0.2, -0.15) is 4.98 Å². The predicted molar refractivity (Wildman–Crippen MR) is 108 cm³/mol. The summed E-state index contributed by atoms with van der Waals surface area (Å²) < 4.78 is 1.62. The van der Waals surface area contributed by atoms with Crippen LogP contribution in [0.3, 0.4) is 0 Å². The van der Waals surface area contributed by atoms with Crippen LogP contribution in [0.4, 0.5) is 0 Å². The van der Waals surface area contributed by atoms with Gasteiger partial charge in [-0.25, -0.2) is 9.50 Å². The fraction of sp³-hybridized carbons (Fsp3) is 0.217. The molecule has 0 amide bonds. The van der Waals surface area contributed by atoms with Gasteiger partial charge in [-0.05, 0) is 31.7 Å². The highest BCUT2D eigenvalue weighted by Crippen LogP contribution is 2.32. The highest BCUT2D eigenvalue weighted by Gasteiger charge is 2.28. The van der Waals surface area contributed by atoms with E-state index in [1.54, 1.807) is 10.7 Å². The molecule has 0 fully saturated rings. The molecule has 2 heterocycles. The van der Waals surface area contributed by atoms with Gasteiger partial charge in [0.05, 0.1) is 11.3 Å². The molecule has 1 atom stereocenters. The molecule has 0 radical (unpaired) electrons. The molecular formula is C23H20N4O. The molecule has 5 rings (SSSR count). The van der Waals surface area contributed by atoms with E-state index >= 15 is 0 Å². The first-order valence-electron chi connectivity index (χ1n) is 9.50. The highest BCUT2D eigenvalue weighted by molar-refractivity contribution is 5.98. The monoisotopic (exact) mass is 368 g/mol. The third-order valence-corrected chi connectivity index (χ3v) is 5.44. The zero-order valence-electron chi connectivity index (χ0n) is 15.9. The predicted octanol–water partition coefficient (Wildman–Crippen LogP) is 4.32. The molecule has 5 nitrogen and oxygen atoms in total. The lowest BCUT2D eigenvalue weighted by atomic mass is 9.82. The maximum Gasteiger partial charge on any atom is 0.252 e. The first-order valence-corrected chi connectivity index (χ1v) is 9.50. The molecule has 0 saturated carbocycles. The number of aryl methyl sites for hydroxylation is 2. The third-order valence-electron chi connectivity index (χ3n) is 5.44. The van der Waals surface area contributed by atoms with Crippen LogP contribution < -0.4 is 0 Å². The SMILES string of the molecule is Cc1ccc(-c2nc3nc4c(cn3n2)C(=O)C[C@H](c2ccc(C)cc2)C4)cc1. The first kappa shape index (κ1) is 16.8. The van der Waals surface area contributed by atoms with Crippen LogP contribution in [0.5, 0.6) is 0 Å². The first-order chi connectivity index (χ1) is 13.6. The number of carbonyl (C=O) groups is 1. The van der Waals surface area contributed by atoms with Gasteiger partial charge < -0.3 is 0 Å². The average Bonchev–Trinajstić information content (AvgIpc) is 3.10. The smallest absolute Gasteiger partial charge is 0.252 e. The van der Waals surface area contributed by atoms with Crippen LogP contribution in [-0.2, 0) is 6.42 Å². The number of aromatic nitrogens is 4. The topological polar surface area (TPSA) is 60.1 Å². The van der Waals surface area contributed by atoms with Crippen molar-refractivity contribution in [3.63, 3.8) is 0 Å². The second kappa shape index (κ2) is 6.37. The normalized spacial score (nSPS) is 16.4. The van der Waals surface area contributed by atoms with Gasteiger partial charge in [0.15, 0.2) is 11.6 Å². The molecule has 0 aliphatic heterocycles. The largest absolute Gasteiger partial charge is 0.294 e. The van der Waals surface area contributed by atoms with Crippen molar-refractivity contribution in [2.24, 2.45) is 0 Å². The van der Waals surface area contributed by atoms with Crippen LogP contribution >= 0.6 is 0 Å². The number of benzene rings is 2. The van der Waals surface area contributed by atoms with E-state index in [4.69, 9.17) is 4.98 Å². The Morgan fingerprint density at radius 2 is 1.57 bits per heavy atom. The molecule has 2 aromatic heterocycles. The van der Waals surface area contributed by atoms with Crippen LogP contribution in [0.15, 0.2) is 54.7 Å². The van der Waals surface area contributed by atoms with Gasteiger partial charge in [-0.1, -0.05) is 59.7 Å². The Balaban J connectivity index is 1.53. The summed E-state index contributed by atoms with van der Waals surface area (Å²) in [6.07, 6.45) is 3.03. The number of nitrogens with zero attached hydrogens (tertiary/aromatic N) is 4. The van der Waals surface area contributed by atoms with Gasteiger partial charge in [-0.15, -0.1) is 5.10 Å². The Morgan fingerprint density at radius 3 is 2.29 bits per heavy atom. The second-order valence-electron chi connectivity index (χ2n) is 7.59. The van der Waals surface area contributed by atoms with Crippen molar-refractivity contribution in [2.75, 3.05) is 0 Å². The van der Waals surface area contributed by atoms with E-state index in [0.717, 1.165) is 17.7 Å². The summed E-state index contributed by atoms with van der Waals surface area (Å²) in [4.78, 5) is 22.1. The van der Waals surface area contributed by atoms with E-state index in [1.807, 2.05) is 31.2 Å². The summed E-state index contributed by atoms with van der Waals surface area (Å²) in [7, 11) is 0. The molecule has 138 valence electrons. The van der Waals surface area contributed by atoms with E-state index in [-0.39, 0.29) is 11.7 Å². The molecule has 1 aliphatic carbocycles. The van der Waals surface area contributed by atoms with Gasteiger partial charge in [0, 0.05) is 18.2 Å². The third kappa shape index (κ3) is 2.89. The summed E-state index contributed by atoms with van der Waals surface area (Å²) in [5.74, 6) is 1.44. The van der Waals surface area contributed by atoms with Crippen LogP contribution in [0.25, 0.3) is 17.2 Å². The minimum Gasteiger partial charge on any atom is -0.294 e. The van der Waals surface area contributed by atoms with Crippen molar-refractivity contribution in [1.29, 1.82) is 0 Å². The molecule has 0 saturated heterocycles. The van der Waals surface area contributed by atoms with Crippen molar-refractivity contribution in [3.05, 3.63) is 82.7 Å². The molecule has 2 aromatic carbocycles. The van der Waals surface area contributed by atoms with E-state index in [9.17, 15) is 4.79 Å². The Kier molecular flexibility index (Phi) is 3.83. The summed E-state index contributed by atoms with van der Waals surface area (Å²) >= 11 is 0. The van der Waals surface area contributed by atoms with Crippen LogP contribution in [0.1, 0.15) is 45.1 Å². The van der Waals surface area contributed by atoms with Crippen LogP contribution in [0, 0.1) is 13.8 Å². The molecule has 4 aromatic rings. The van der Waals surface area contributed by atoms with Crippen molar-refractivity contribution in [1.82, 2.24) is 19.6 Å². The Bertz CT molecular complexity index is 1190. The maximum atomic E-state index is 12.8. The van der Waals surface area contributed by atoms with Crippen molar-refractivity contribution in [3.8, 4) is 11.4 Å². The van der Waals surface area contributed by atoms with E-state index < -0.39 is 0 Å². The van der Waals surface area contributed by atoms with Gasteiger partial charge >= 0.3 is 0 Å². The molecule has 1 aliphatic rings. The number of fused-ring (bicyclic) bond motifs is 2. The van der Waals surface area contributed by atoms with Crippen LogP contribution in [-0.4, -0.2) is 25.4 Å². The maximum absolute atomic E-state index is 12.8. The summed E-state index contributed by atoms with van der Waals surface area (Å²) in [6, 6.07) is 16.5. The molecule has 0 bridgehead atoms. The molecular weight excluding hydrogens is 348 g/mol. The van der Waals surface area contributed by atoms with Gasteiger partial charge in [0.1, 0.15) is 0 Å². The fourth-order valence-corrected chi connectivity index (χ4v) is 3.78. The minimum atomic E-state index is 0.119. The molecule has 5 heteroatoms. The fourth-order valence-electron chi connectivity index (χ4n) is 3.78. The number of Topliss-reactive ketones (excluding diaryl/α,β-unsaturated/α-hetero) is 1. The lowest BCUT2D eigenvalue weighted by molar-refractivity contribution is 0.0962. The van der Waals surface area contributed by atoms with Crippen molar-refractivity contribution < 1.29 is 4.79 Å². The number of hydrogen-bond acceptors (Lipinski definition) is 4. The van der Waals surface area contributed by atoms with E-state index in [2.05, 4.69) is 41.3 Å². The van der Waals surface area contributed by atoms with E-state index in [1.165, 1.54) is 16.7 Å². The lowest BCUT2D eigenvalue weighted by Crippen LogP contribution is -2.21. The number of ketones is 1. The lowest BCUT2D eigenvalue weighted by Gasteiger charge is -2.23. The second-order valence-corrected chi connectivity index (χ2v) is 7.59. The molecule has 28 heavy (non-hydrogen) atoms. The summed E-state index contributed by atoms with van der Waals surface area (Å²) in [6.45, 7) is 4.12. The highest BCUT2D eigenvalue weighted by atomic mass is 16.1. The summed E-state index contributed by atoms with van der Waals surface area (Å²) in [5.41, 5.74) is 6.02. The van der Waals surface area contributed by atoms with Gasteiger partial charge in [0.25, 0.3) is 5.78 Å². The molecule has 0 N–H and O–H groups in total. The number of carbonyl (C=O) groups excluding carboxylic acids is 1. The van der Waals surface area contributed by atoms with Crippen molar-refractivity contribution in [2.45, 2.75) is 32.6 Å². The van der Waals surface area contributed by atoms with Crippen LogP contribution in [0.2, 0.25) is 0 Å². The Morgan fingerprint density at radius 1 is 0.893 bits per heavy atom. The van der Waals surface area contributed by atoms with Crippen molar-refractivity contribution >= 4 is 11.6 Å². The van der Waals surface area contributed by atoms with Gasteiger partial charge in [-0.3, -0.25) is 4.79 Å². The van der Waals surface area contributed by atoms with E-state index in [0.29, 0.717) is 23.6 Å². The zero-order valence-corrected chi connectivity index (χ0v) is 15.9. The zero-order chi connectivity index (χ0) is 19.3. The summed E-state index contributed by atoms with van der Waals surface area (Å²) in [5, 5.41) is 4.53. The number of rotatable bonds is 2. The quantitative estimate of drug-likeness (QED) is 0.529. The Labute approximate surface area is 163 Å². The van der Waals surface area contributed by atoms with Gasteiger partial charge in [0.2, 0.25) is 0 Å². The average molecular weight is 368 g/mol. The standard InChI is InChI=1S/C23H20N4O/c1-14-3-7-16(8-4-14)18-11-20-19(21(28)12-18)13-27-23(24-20)25-22(26-27)17-9-5-15(2)6-10-17/h3-10,13,18H,11-12H2,1-2H3/t18-/m1/s1. The molecule has 0 unspecified atom stereocenters. The molecule has 0 spiro atoms. The minimum absolute atomic E-state index is 0.119.